The summed E-state index contributed by atoms with van der Waals surface area (Å²) in [5.74, 6) is -0.709. The van der Waals surface area contributed by atoms with Crippen LogP contribution in [0, 0.1) is 11.3 Å². The van der Waals surface area contributed by atoms with Crippen LogP contribution in [0.1, 0.15) is 64.2 Å². The third-order valence-corrected chi connectivity index (χ3v) is 4.86. The molecule has 2 aliphatic carbocycles. The van der Waals surface area contributed by atoms with Gasteiger partial charge >= 0.3 is 5.97 Å². The van der Waals surface area contributed by atoms with Crippen LogP contribution in [0.3, 0.4) is 0 Å². The highest BCUT2D eigenvalue weighted by molar-refractivity contribution is 6.03. The second kappa shape index (κ2) is 6.04. The van der Waals surface area contributed by atoms with Gasteiger partial charge in [0.05, 0.1) is 6.10 Å². The lowest BCUT2D eigenvalue weighted by Crippen LogP contribution is -2.44. The fourth-order valence-electron chi connectivity index (χ4n) is 3.74. The number of hydrogen-bond donors (Lipinski definition) is 2. The lowest BCUT2D eigenvalue weighted by molar-refractivity contribution is -0.159. The van der Waals surface area contributed by atoms with Crippen LogP contribution < -0.4 is 0 Å². The van der Waals surface area contributed by atoms with Gasteiger partial charge in [-0.05, 0) is 31.6 Å². The maximum absolute atomic E-state index is 12.0. The van der Waals surface area contributed by atoms with Crippen LogP contribution >= 0.6 is 0 Å². The topological polar surface area (TPSA) is 74.6 Å². The van der Waals surface area contributed by atoms with Crippen LogP contribution in [0.4, 0.5) is 0 Å². The highest BCUT2D eigenvalue weighted by Crippen LogP contribution is 2.39. The molecule has 4 heteroatoms. The minimum Gasteiger partial charge on any atom is -0.480 e. The molecule has 2 unspecified atom stereocenters. The second-order valence-corrected chi connectivity index (χ2v) is 6.26. The van der Waals surface area contributed by atoms with Crippen molar-refractivity contribution in [2.24, 2.45) is 11.3 Å². The van der Waals surface area contributed by atoms with E-state index >= 15 is 0 Å². The van der Waals surface area contributed by atoms with E-state index in [4.69, 9.17) is 0 Å². The summed E-state index contributed by atoms with van der Waals surface area (Å²) in [4.78, 5) is 23.6. The van der Waals surface area contributed by atoms with Crippen molar-refractivity contribution in [2.75, 3.05) is 0 Å². The summed E-state index contributed by atoms with van der Waals surface area (Å²) >= 11 is 0. The lowest BCUT2D eigenvalue weighted by Gasteiger charge is -2.33. The average Bonchev–Trinajstić information content (AvgIpc) is 2.84. The maximum atomic E-state index is 12.0. The molecule has 0 aromatic heterocycles. The summed E-state index contributed by atoms with van der Waals surface area (Å²) in [7, 11) is 0. The Kier molecular flexibility index (Phi) is 4.61. The standard InChI is InChI=1S/C15H24O4/c16-12(9-11-5-1-2-6-11)10-15(14(18)19)8-4-3-7-13(15)17/h11-12,16H,1-10H2,(H,18,19). The number of carboxylic acids is 1. The van der Waals surface area contributed by atoms with Gasteiger partial charge < -0.3 is 10.2 Å². The molecular weight excluding hydrogens is 244 g/mol. The molecule has 2 saturated carbocycles. The van der Waals surface area contributed by atoms with Crippen LogP contribution in [0.15, 0.2) is 0 Å². The lowest BCUT2D eigenvalue weighted by atomic mass is 9.69. The number of aliphatic hydroxyl groups excluding tert-OH is 1. The Morgan fingerprint density at radius 1 is 1.26 bits per heavy atom. The molecule has 0 spiro atoms. The molecule has 0 bridgehead atoms. The third kappa shape index (κ3) is 3.16. The number of aliphatic hydroxyl groups is 1. The summed E-state index contributed by atoms with van der Waals surface area (Å²) in [6.07, 6.45) is 7.09. The third-order valence-electron chi connectivity index (χ3n) is 4.86. The Bertz CT molecular complexity index is 346. The second-order valence-electron chi connectivity index (χ2n) is 6.26. The van der Waals surface area contributed by atoms with Gasteiger partial charge in [0, 0.05) is 6.42 Å². The first-order valence-corrected chi connectivity index (χ1v) is 7.49. The van der Waals surface area contributed by atoms with Crippen molar-refractivity contribution in [2.45, 2.75) is 70.3 Å². The van der Waals surface area contributed by atoms with E-state index in [-0.39, 0.29) is 12.2 Å². The van der Waals surface area contributed by atoms with E-state index in [0.717, 1.165) is 25.7 Å². The van der Waals surface area contributed by atoms with Gasteiger partial charge in [0.25, 0.3) is 0 Å². The number of aliphatic carboxylic acids is 1. The van der Waals surface area contributed by atoms with E-state index in [1.54, 1.807) is 0 Å². The smallest absolute Gasteiger partial charge is 0.317 e. The molecule has 2 N–H and O–H groups in total. The average molecular weight is 268 g/mol. The predicted molar refractivity (Wildman–Crippen MR) is 70.7 cm³/mol. The maximum Gasteiger partial charge on any atom is 0.317 e. The summed E-state index contributed by atoms with van der Waals surface area (Å²) < 4.78 is 0. The van der Waals surface area contributed by atoms with Gasteiger partial charge in [-0.3, -0.25) is 9.59 Å². The number of carbonyl (C=O) groups is 2. The molecule has 0 aliphatic heterocycles. The zero-order chi connectivity index (χ0) is 13.9. The highest BCUT2D eigenvalue weighted by Gasteiger charge is 2.48. The summed E-state index contributed by atoms with van der Waals surface area (Å²) in [5.41, 5.74) is -1.31. The molecule has 2 aliphatic rings. The number of carboxylic acid groups (broad SMARTS) is 1. The minimum atomic E-state index is -1.31. The Labute approximate surface area is 114 Å². The minimum absolute atomic E-state index is 0.109. The molecule has 0 saturated heterocycles. The molecule has 0 aromatic rings. The number of carbonyl (C=O) groups excluding carboxylic acids is 1. The van der Waals surface area contributed by atoms with Crippen molar-refractivity contribution in [3.63, 3.8) is 0 Å². The van der Waals surface area contributed by atoms with Crippen molar-refractivity contribution < 1.29 is 19.8 Å². The number of ketones is 1. The quantitative estimate of drug-likeness (QED) is 0.751. The Morgan fingerprint density at radius 2 is 1.95 bits per heavy atom. The van der Waals surface area contributed by atoms with E-state index in [0.29, 0.717) is 25.2 Å². The number of rotatable bonds is 5. The SMILES string of the molecule is O=C(O)C1(CC(O)CC2CCCC2)CCCCC1=O. The Morgan fingerprint density at radius 3 is 2.53 bits per heavy atom. The largest absolute Gasteiger partial charge is 0.480 e. The van der Waals surface area contributed by atoms with Gasteiger partial charge in [0.2, 0.25) is 0 Å². The van der Waals surface area contributed by atoms with Crippen molar-refractivity contribution in [3.8, 4) is 0 Å². The molecule has 0 amide bonds. The van der Waals surface area contributed by atoms with Crippen LogP contribution in [0.25, 0.3) is 0 Å². The molecule has 0 radical (unpaired) electrons. The van der Waals surface area contributed by atoms with Gasteiger partial charge in [-0.25, -0.2) is 0 Å². The fourth-order valence-corrected chi connectivity index (χ4v) is 3.74. The molecule has 0 heterocycles. The molecule has 0 aromatic carbocycles. The molecule has 2 atom stereocenters. The van der Waals surface area contributed by atoms with Crippen molar-refractivity contribution in [1.29, 1.82) is 0 Å². The van der Waals surface area contributed by atoms with Gasteiger partial charge in [-0.1, -0.05) is 32.1 Å². The van der Waals surface area contributed by atoms with E-state index in [9.17, 15) is 19.8 Å². The first-order chi connectivity index (χ1) is 9.04. The molecule has 4 nitrogen and oxygen atoms in total. The zero-order valence-corrected chi connectivity index (χ0v) is 11.4. The molecule has 19 heavy (non-hydrogen) atoms. The van der Waals surface area contributed by atoms with E-state index < -0.39 is 17.5 Å². The summed E-state index contributed by atoms with van der Waals surface area (Å²) in [6.45, 7) is 0. The van der Waals surface area contributed by atoms with Crippen molar-refractivity contribution in [1.82, 2.24) is 0 Å². The Balaban J connectivity index is 1.99. The van der Waals surface area contributed by atoms with Crippen molar-refractivity contribution in [3.05, 3.63) is 0 Å². The summed E-state index contributed by atoms with van der Waals surface area (Å²) in [6, 6.07) is 0. The molecular formula is C15H24O4. The zero-order valence-electron chi connectivity index (χ0n) is 11.4. The normalized spacial score (nSPS) is 30.5. The number of Topliss-reactive ketones (excluding diaryl/α,β-unsaturated/α-hetero) is 1. The van der Waals surface area contributed by atoms with E-state index in [2.05, 4.69) is 0 Å². The van der Waals surface area contributed by atoms with Crippen LogP contribution in [0.5, 0.6) is 0 Å². The molecule has 108 valence electrons. The van der Waals surface area contributed by atoms with Gasteiger partial charge in [-0.2, -0.15) is 0 Å². The van der Waals surface area contributed by atoms with E-state index in [1.165, 1.54) is 12.8 Å². The van der Waals surface area contributed by atoms with Crippen LogP contribution in [-0.4, -0.2) is 28.1 Å². The van der Waals surface area contributed by atoms with Gasteiger partial charge in [0.1, 0.15) is 11.2 Å². The fraction of sp³-hybridized carbons (Fsp3) is 0.867. The highest BCUT2D eigenvalue weighted by atomic mass is 16.4. The van der Waals surface area contributed by atoms with Crippen molar-refractivity contribution >= 4 is 11.8 Å². The monoisotopic (exact) mass is 268 g/mol. The van der Waals surface area contributed by atoms with Crippen LogP contribution in [0.2, 0.25) is 0 Å². The predicted octanol–water partition coefficient (Wildman–Crippen LogP) is 2.53. The first-order valence-electron chi connectivity index (χ1n) is 7.49. The van der Waals surface area contributed by atoms with E-state index in [1.807, 2.05) is 0 Å². The molecule has 2 fully saturated rings. The summed E-state index contributed by atoms with van der Waals surface area (Å²) in [5, 5.41) is 19.6. The molecule has 2 rings (SSSR count). The van der Waals surface area contributed by atoms with Crippen LogP contribution in [-0.2, 0) is 9.59 Å². The Hall–Kier alpha value is -0.900. The first kappa shape index (κ1) is 14.5. The number of hydrogen-bond acceptors (Lipinski definition) is 3. The van der Waals surface area contributed by atoms with Gasteiger partial charge in [-0.15, -0.1) is 0 Å². The van der Waals surface area contributed by atoms with Gasteiger partial charge in [0.15, 0.2) is 0 Å².